The number of fused-ring (bicyclic) bond motifs is 1. The highest BCUT2D eigenvalue weighted by Gasteiger charge is 2.27. The normalized spacial score (nSPS) is 15.3. The number of hydrogen-bond acceptors (Lipinski definition) is 5. The molecule has 172 valence electrons. The molecule has 0 spiro atoms. The molecule has 0 radical (unpaired) electrons. The van der Waals surface area contributed by atoms with Crippen molar-refractivity contribution in [3.05, 3.63) is 78.7 Å². The quantitative estimate of drug-likeness (QED) is 0.565. The van der Waals surface area contributed by atoms with Gasteiger partial charge in [0.05, 0.1) is 10.1 Å². The zero-order valence-electron chi connectivity index (χ0n) is 19.2. The first-order chi connectivity index (χ1) is 15.9. The summed E-state index contributed by atoms with van der Waals surface area (Å²) in [6, 6.07) is 12.6. The lowest BCUT2D eigenvalue weighted by Gasteiger charge is -2.17. The predicted molar refractivity (Wildman–Crippen MR) is 134 cm³/mol. The van der Waals surface area contributed by atoms with Crippen LogP contribution in [0.4, 0.5) is 5.69 Å². The summed E-state index contributed by atoms with van der Waals surface area (Å²) in [6.45, 7) is 9.63. The molecule has 1 aliphatic heterocycles. The Balaban J connectivity index is 1.88. The molecule has 2 aromatic carbocycles. The molecule has 33 heavy (non-hydrogen) atoms. The Bertz CT molecular complexity index is 1350. The largest absolute Gasteiger partial charge is 0.508 e. The second-order valence-corrected chi connectivity index (χ2v) is 9.25. The molecule has 3 aromatic rings. The van der Waals surface area contributed by atoms with Gasteiger partial charge in [-0.3, -0.25) is 14.2 Å². The highest BCUT2D eigenvalue weighted by Crippen LogP contribution is 2.30. The number of rotatable bonds is 7. The van der Waals surface area contributed by atoms with Crippen LogP contribution < -0.4 is 20.1 Å². The lowest BCUT2D eigenvalue weighted by atomic mass is 10.1. The van der Waals surface area contributed by atoms with Crippen molar-refractivity contribution in [2.24, 2.45) is 0 Å². The van der Waals surface area contributed by atoms with Crippen molar-refractivity contribution in [3.63, 3.8) is 0 Å². The monoisotopic (exact) mass is 463 g/mol. The predicted octanol–water partition coefficient (Wildman–Crippen LogP) is 2.64. The average molecular weight is 464 g/mol. The Kier molecular flexibility index (Phi) is 6.81. The molecule has 0 saturated carbocycles. The van der Waals surface area contributed by atoms with Crippen LogP contribution in [0.3, 0.4) is 0 Å². The number of benzene rings is 2. The number of carbonyl (C=O) groups excluding carboxylic acids is 1. The summed E-state index contributed by atoms with van der Waals surface area (Å²) in [4.78, 5) is 28.8. The van der Waals surface area contributed by atoms with E-state index in [1.165, 1.54) is 11.3 Å². The molecule has 1 aliphatic rings. The van der Waals surface area contributed by atoms with E-state index in [1.807, 2.05) is 31.2 Å². The van der Waals surface area contributed by atoms with Crippen LogP contribution in [0.5, 0.6) is 5.75 Å². The third-order valence-corrected chi connectivity index (χ3v) is 7.11. The summed E-state index contributed by atoms with van der Waals surface area (Å²) in [7, 11) is 0. The van der Waals surface area contributed by atoms with Gasteiger partial charge < -0.3 is 15.3 Å². The Morgan fingerprint density at radius 3 is 2.52 bits per heavy atom. The number of aromatic nitrogens is 1. The van der Waals surface area contributed by atoms with Crippen molar-refractivity contribution >= 4 is 34.6 Å². The third kappa shape index (κ3) is 4.79. The lowest BCUT2D eigenvalue weighted by Crippen LogP contribution is -2.34. The second kappa shape index (κ2) is 9.77. The molecule has 0 bridgehead atoms. The molecular formula is C26H29N3O3S. The van der Waals surface area contributed by atoms with Gasteiger partial charge in [-0.05, 0) is 68.9 Å². The second-order valence-electron chi connectivity index (χ2n) is 8.22. The fourth-order valence-corrected chi connectivity index (χ4v) is 5.31. The van der Waals surface area contributed by atoms with Gasteiger partial charge in [-0.15, -0.1) is 11.3 Å². The van der Waals surface area contributed by atoms with Crippen molar-refractivity contribution < 1.29 is 9.90 Å². The van der Waals surface area contributed by atoms with Gasteiger partial charge >= 0.3 is 0 Å². The van der Waals surface area contributed by atoms with E-state index in [0.717, 1.165) is 48.4 Å². The van der Waals surface area contributed by atoms with E-state index in [1.54, 1.807) is 28.8 Å². The Morgan fingerprint density at radius 2 is 1.82 bits per heavy atom. The molecular weight excluding hydrogens is 434 g/mol. The zero-order valence-corrected chi connectivity index (χ0v) is 20.0. The van der Waals surface area contributed by atoms with Crippen molar-refractivity contribution in [1.82, 2.24) is 9.47 Å². The minimum Gasteiger partial charge on any atom is -0.508 e. The molecule has 1 aromatic heterocycles. The standard InChI is InChI=1S/C26H29N3O3S/c1-4-28(5-2)13-6-14-29-25(32)22(16-18-8-10-19(30)11-9-18)33-26(29)23-20-15-17(3)7-12-21(20)27-24(23)31/h7-12,15-16,30H,4-6,13-14H2,1-3H3,(H,27,31)/b22-16?,26-23-. The first-order valence-electron chi connectivity index (χ1n) is 11.3. The van der Waals surface area contributed by atoms with E-state index in [9.17, 15) is 14.7 Å². The minimum absolute atomic E-state index is 0.0935. The number of nitrogens with one attached hydrogen (secondary N) is 1. The third-order valence-electron chi connectivity index (χ3n) is 5.98. The summed E-state index contributed by atoms with van der Waals surface area (Å²) < 4.78 is 3.01. The molecule has 1 amide bonds. The number of phenolic OH excluding ortho intramolecular Hbond substituents is 1. The number of hydrogen-bond donors (Lipinski definition) is 2. The molecule has 0 aliphatic carbocycles. The number of nitrogens with zero attached hydrogens (tertiary/aromatic N) is 2. The van der Waals surface area contributed by atoms with Crippen molar-refractivity contribution in [2.75, 3.05) is 25.0 Å². The van der Waals surface area contributed by atoms with E-state index in [4.69, 9.17) is 0 Å². The first-order valence-corrected chi connectivity index (χ1v) is 12.1. The van der Waals surface area contributed by atoms with Crippen LogP contribution >= 0.6 is 11.3 Å². The maximum atomic E-state index is 13.5. The number of aromatic hydroxyl groups is 1. The fourth-order valence-electron chi connectivity index (χ4n) is 4.12. The zero-order chi connectivity index (χ0) is 23.5. The average Bonchev–Trinajstić information content (AvgIpc) is 3.28. The van der Waals surface area contributed by atoms with Crippen LogP contribution in [0.2, 0.25) is 0 Å². The van der Waals surface area contributed by atoms with Crippen molar-refractivity contribution in [2.45, 2.75) is 33.7 Å². The number of carbonyl (C=O) groups is 1. The maximum absolute atomic E-state index is 13.5. The number of phenols is 1. The summed E-state index contributed by atoms with van der Waals surface area (Å²) in [5.41, 5.74) is 3.97. The van der Waals surface area contributed by atoms with Crippen LogP contribution in [-0.4, -0.2) is 40.1 Å². The van der Waals surface area contributed by atoms with Crippen LogP contribution in [-0.2, 0) is 11.3 Å². The maximum Gasteiger partial charge on any atom is 0.269 e. The molecule has 2 heterocycles. The van der Waals surface area contributed by atoms with Gasteiger partial charge in [-0.1, -0.05) is 37.6 Å². The number of anilines is 1. The van der Waals surface area contributed by atoms with Gasteiger partial charge in [-0.2, -0.15) is 0 Å². The van der Waals surface area contributed by atoms with Gasteiger partial charge in [0.25, 0.3) is 11.5 Å². The van der Waals surface area contributed by atoms with Crippen molar-refractivity contribution in [3.8, 4) is 5.75 Å². The van der Waals surface area contributed by atoms with Crippen LogP contribution in [0.15, 0.2) is 47.3 Å². The smallest absolute Gasteiger partial charge is 0.269 e. The van der Waals surface area contributed by atoms with Crippen LogP contribution in [0.25, 0.3) is 11.6 Å². The van der Waals surface area contributed by atoms with Gasteiger partial charge in [0.2, 0.25) is 0 Å². The van der Waals surface area contributed by atoms with E-state index < -0.39 is 0 Å². The van der Waals surface area contributed by atoms with Gasteiger partial charge in [0.15, 0.2) is 0 Å². The summed E-state index contributed by atoms with van der Waals surface area (Å²) in [5.74, 6) is 0.00326. The van der Waals surface area contributed by atoms with Gasteiger partial charge in [0.1, 0.15) is 10.4 Å². The van der Waals surface area contributed by atoms with Crippen molar-refractivity contribution in [1.29, 1.82) is 0 Å². The fraction of sp³-hybridized carbons (Fsp3) is 0.308. The Hall–Kier alpha value is -3.16. The SMILES string of the molecule is CCN(CC)CCCn1c(=O)c(=Cc2ccc(O)cc2)s/c1=C1\C(=O)Nc2ccc(C)cc21. The number of amides is 1. The molecule has 0 saturated heterocycles. The van der Waals surface area contributed by atoms with E-state index in [0.29, 0.717) is 21.3 Å². The van der Waals surface area contributed by atoms with Crippen LogP contribution in [0.1, 0.15) is 37.0 Å². The number of thiazole rings is 1. The molecule has 6 nitrogen and oxygen atoms in total. The van der Waals surface area contributed by atoms with E-state index >= 15 is 0 Å². The molecule has 0 fully saturated rings. The molecule has 0 atom stereocenters. The summed E-state index contributed by atoms with van der Waals surface area (Å²) in [5, 5.41) is 12.5. The van der Waals surface area contributed by atoms with Gasteiger partial charge in [-0.25, -0.2) is 0 Å². The van der Waals surface area contributed by atoms with E-state index in [2.05, 4.69) is 24.1 Å². The molecule has 4 rings (SSSR count). The summed E-state index contributed by atoms with van der Waals surface area (Å²) >= 11 is 1.35. The van der Waals surface area contributed by atoms with Gasteiger partial charge in [0, 0.05) is 17.8 Å². The lowest BCUT2D eigenvalue weighted by molar-refractivity contribution is -0.110. The Morgan fingerprint density at radius 1 is 1.09 bits per heavy atom. The topological polar surface area (TPSA) is 74.6 Å². The van der Waals surface area contributed by atoms with Crippen LogP contribution in [0, 0.1) is 6.92 Å². The first kappa shape index (κ1) is 23.0. The molecule has 2 N–H and O–H groups in total. The minimum atomic E-state index is -0.175. The summed E-state index contributed by atoms with van der Waals surface area (Å²) in [6.07, 6.45) is 2.64. The molecule has 7 heteroatoms. The highest BCUT2D eigenvalue weighted by atomic mass is 32.1. The molecule has 0 unspecified atom stereocenters. The van der Waals surface area contributed by atoms with E-state index in [-0.39, 0.29) is 17.2 Å². The number of aryl methyl sites for hydroxylation is 1. The highest BCUT2D eigenvalue weighted by molar-refractivity contribution is 7.07. The Labute approximate surface area is 197 Å².